The lowest BCUT2D eigenvalue weighted by Crippen LogP contribution is -2.34. The summed E-state index contributed by atoms with van der Waals surface area (Å²) in [5.41, 5.74) is 12.8. The number of carboxylic acid groups (broad SMARTS) is 1. The van der Waals surface area contributed by atoms with Gasteiger partial charge in [-0.2, -0.15) is 26.3 Å². The minimum atomic E-state index is -4.31. The molecule has 0 radical (unpaired) electrons. The van der Waals surface area contributed by atoms with Crippen molar-refractivity contribution in [3.05, 3.63) is 154 Å². The van der Waals surface area contributed by atoms with Gasteiger partial charge in [0.2, 0.25) is 0 Å². The second-order valence-electron chi connectivity index (χ2n) is 20.0. The van der Waals surface area contributed by atoms with E-state index >= 15 is 0 Å². The van der Waals surface area contributed by atoms with Crippen LogP contribution in [-0.2, 0) is 0 Å². The number of ketones is 2. The predicted octanol–water partition coefficient (Wildman–Crippen LogP) is 14.5. The molecule has 0 aliphatic heterocycles. The molecule has 4 heterocycles. The summed E-state index contributed by atoms with van der Waals surface area (Å²) in [6, 6.07) is 25.0. The zero-order valence-electron chi connectivity index (χ0n) is 44.2. The van der Waals surface area contributed by atoms with Crippen molar-refractivity contribution in [3.63, 3.8) is 0 Å². The number of aromatic nitrogens is 4. The van der Waals surface area contributed by atoms with Crippen LogP contribution in [0.15, 0.2) is 110 Å². The highest BCUT2D eigenvalue weighted by Crippen LogP contribution is 2.37. The average molecular weight is 1070 g/mol. The number of pyridine rings is 2. The number of imidazole rings is 2. The van der Waals surface area contributed by atoms with Crippen LogP contribution in [-0.4, -0.2) is 78.3 Å². The van der Waals surface area contributed by atoms with Crippen molar-refractivity contribution in [2.24, 2.45) is 0 Å². The number of fused-ring (bicyclic) bond motifs is 2. The number of rotatable bonds is 17. The van der Waals surface area contributed by atoms with Gasteiger partial charge in [0.15, 0.2) is 22.9 Å². The van der Waals surface area contributed by atoms with Crippen molar-refractivity contribution in [1.29, 1.82) is 0 Å². The molecule has 0 spiro atoms. The molecule has 18 heteroatoms. The number of carbonyl (C=O) groups excluding carboxylic acids is 3. The van der Waals surface area contributed by atoms with Crippen LogP contribution in [0, 0.1) is 27.7 Å². The molecule has 78 heavy (non-hydrogen) atoms. The maximum atomic E-state index is 12.9. The molecule has 1 fully saturated rings. The number of nitrogens with one attached hydrogen (secondary N) is 3. The highest BCUT2D eigenvalue weighted by molar-refractivity contribution is 5.99. The summed E-state index contributed by atoms with van der Waals surface area (Å²) < 4.78 is 80.9. The largest absolute Gasteiger partial charge is 0.478 e. The molecule has 406 valence electrons. The molecule has 1 aliphatic carbocycles. The molecule has 0 bridgehead atoms. The van der Waals surface area contributed by atoms with Gasteiger partial charge in [-0.1, -0.05) is 62.4 Å². The number of hydrogen-bond donors (Lipinski definition) is 4. The number of carboxylic acids is 1. The van der Waals surface area contributed by atoms with E-state index in [0.717, 1.165) is 57.5 Å². The highest BCUT2D eigenvalue weighted by Gasteiger charge is 2.39. The molecule has 1 aliphatic rings. The van der Waals surface area contributed by atoms with Crippen LogP contribution in [0.1, 0.15) is 123 Å². The summed E-state index contributed by atoms with van der Waals surface area (Å²) in [6.07, 6.45) is -0.811. The first-order chi connectivity index (χ1) is 36.9. The first-order valence-corrected chi connectivity index (χ1v) is 25.6. The van der Waals surface area contributed by atoms with Gasteiger partial charge in [-0.3, -0.25) is 23.2 Å². The summed E-state index contributed by atoms with van der Waals surface area (Å²) in [5.74, 6) is -1.05. The van der Waals surface area contributed by atoms with Crippen LogP contribution in [0.2, 0.25) is 0 Å². The van der Waals surface area contributed by atoms with Gasteiger partial charge in [-0.05, 0) is 117 Å². The Morgan fingerprint density at radius 1 is 0.551 bits per heavy atom. The van der Waals surface area contributed by atoms with E-state index in [2.05, 4.69) is 25.9 Å². The van der Waals surface area contributed by atoms with E-state index in [0.29, 0.717) is 74.6 Å². The van der Waals surface area contributed by atoms with Gasteiger partial charge < -0.3 is 21.1 Å². The number of benzene rings is 4. The van der Waals surface area contributed by atoms with Crippen molar-refractivity contribution >= 4 is 46.1 Å². The molecule has 1 amide bonds. The fourth-order valence-corrected chi connectivity index (χ4v) is 9.34. The molecule has 8 aromatic rings. The number of Topliss-reactive ketones (excluding diaryl/α,β-unsaturated/α-hetero) is 2. The van der Waals surface area contributed by atoms with Gasteiger partial charge in [0.25, 0.3) is 5.91 Å². The number of aryl methyl sites for hydroxylation is 4. The van der Waals surface area contributed by atoms with Crippen LogP contribution >= 0.6 is 0 Å². The van der Waals surface area contributed by atoms with Gasteiger partial charge in [-0.25, -0.2) is 14.8 Å². The van der Waals surface area contributed by atoms with Crippen LogP contribution < -0.4 is 16.0 Å². The number of aromatic carboxylic acids is 1. The normalized spacial score (nSPS) is 13.0. The number of carbonyl (C=O) groups is 4. The molecule has 0 atom stereocenters. The zero-order valence-corrected chi connectivity index (χ0v) is 44.2. The second-order valence-corrected chi connectivity index (χ2v) is 20.0. The van der Waals surface area contributed by atoms with E-state index in [1.807, 2.05) is 87.8 Å². The van der Waals surface area contributed by atoms with Gasteiger partial charge >= 0.3 is 18.3 Å². The maximum absolute atomic E-state index is 12.9. The quantitative estimate of drug-likeness (QED) is 0.0514. The summed E-state index contributed by atoms with van der Waals surface area (Å²) in [7, 11) is 0. The Kier molecular flexibility index (Phi) is 16.0. The van der Waals surface area contributed by atoms with Crippen LogP contribution in [0.3, 0.4) is 0 Å². The Balaban J connectivity index is 0.000000207. The van der Waals surface area contributed by atoms with E-state index < -0.39 is 31.2 Å². The summed E-state index contributed by atoms with van der Waals surface area (Å²) in [5, 5.41) is 18.2. The first kappa shape index (κ1) is 55.9. The van der Waals surface area contributed by atoms with E-state index in [4.69, 9.17) is 0 Å². The van der Waals surface area contributed by atoms with E-state index in [1.165, 1.54) is 6.07 Å². The molecule has 9 rings (SSSR count). The lowest BCUT2D eigenvalue weighted by atomic mass is 9.99. The lowest BCUT2D eigenvalue weighted by Gasteiger charge is -2.16. The minimum Gasteiger partial charge on any atom is -0.478 e. The zero-order chi connectivity index (χ0) is 56.4. The highest BCUT2D eigenvalue weighted by atomic mass is 19.4. The topological polar surface area (TPSA) is 159 Å². The Morgan fingerprint density at radius 2 is 0.923 bits per heavy atom. The number of hydrogen-bond acceptors (Lipinski definition) is 8. The Bertz CT molecular complexity index is 3630. The third kappa shape index (κ3) is 12.8. The molecule has 4 N–H and O–H groups in total. The van der Waals surface area contributed by atoms with Crippen molar-refractivity contribution in [2.45, 2.75) is 105 Å². The monoisotopic (exact) mass is 1070 g/mol. The molecule has 12 nitrogen and oxygen atoms in total. The second kappa shape index (κ2) is 22.4. The van der Waals surface area contributed by atoms with E-state index in [-0.39, 0.29) is 41.7 Å². The molecule has 4 aromatic carbocycles. The van der Waals surface area contributed by atoms with Gasteiger partial charge in [0.05, 0.1) is 53.6 Å². The number of alkyl halides is 6. The number of nitrogens with zero attached hydrogens (tertiary/aromatic N) is 4. The summed E-state index contributed by atoms with van der Waals surface area (Å²) in [6.45, 7) is 12.3. The first-order valence-electron chi connectivity index (χ1n) is 25.6. The van der Waals surface area contributed by atoms with Crippen molar-refractivity contribution < 1.29 is 50.6 Å². The van der Waals surface area contributed by atoms with E-state index in [1.54, 1.807) is 73.1 Å². The molecular weight excluding hydrogens is 1010 g/mol. The van der Waals surface area contributed by atoms with Gasteiger partial charge in [0, 0.05) is 82.8 Å². The average Bonchev–Trinajstić information content (AvgIpc) is 3.78. The van der Waals surface area contributed by atoms with Crippen LogP contribution in [0.4, 0.5) is 37.7 Å². The smallest absolute Gasteiger partial charge is 0.390 e. The minimum absolute atomic E-state index is 0.0424. The Hall–Kier alpha value is -8.28. The molecule has 0 saturated heterocycles. The van der Waals surface area contributed by atoms with Crippen molar-refractivity contribution in [2.75, 3.05) is 23.7 Å². The molecule has 4 aromatic heterocycles. The Morgan fingerprint density at radius 3 is 1.28 bits per heavy atom. The lowest BCUT2D eigenvalue weighted by molar-refractivity contribution is -0.132. The van der Waals surface area contributed by atoms with Crippen molar-refractivity contribution in [1.82, 2.24) is 24.1 Å². The third-order valence-electron chi connectivity index (χ3n) is 14.0. The van der Waals surface area contributed by atoms with Crippen molar-refractivity contribution in [3.8, 4) is 44.8 Å². The van der Waals surface area contributed by atoms with E-state index in [9.17, 15) is 50.6 Å². The molecular formula is C60H59F6N7O5. The Labute approximate surface area is 447 Å². The van der Waals surface area contributed by atoms with Gasteiger partial charge in [-0.15, -0.1) is 0 Å². The fraction of sp³-hybridized carbons (Fsp3) is 0.300. The van der Waals surface area contributed by atoms with Gasteiger partial charge in [0.1, 0.15) is 0 Å². The van der Waals surface area contributed by atoms with Crippen LogP contribution in [0.25, 0.3) is 56.1 Å². The summed E-state index contributed by atoms with van der Waals surface area (Å²) >= 11 is 0. The third-order valence-corrected chi connectivity index (χ3v) is 14.0. The fourth-order valence-electron chi connectivity index (χ4n) is 9.34. The standard InChI is InChI=1S/C32H33F3N4O2.C28H26F3N3O3/c1-5-28(40)24-8-7-22(15-19(24)2)27-17-37-29-26(36-13-12-32(33,34)35)16-23(18-39(27)29)21-6-9-25(20(3)14-21)30(41)38-31(4)10-11-31;1-4-25(35)21-7-6-19(12-16(21)2)24-14-33-26-23(32-10-9-28(29,30)31)13-20(15-34(24)26)18-5-8-22(27(36)37)17(3)11-18/h6-9,14-18,36H,5,10-13H2,1-4H3,(H,38,41);5-8,11-15,32H,4,9-10H2,1-3H3,(H,36,37). The number of anilines is 2. The summed E-state index contributed by atoms with van der Waals surface area (Å²) in [4.78, 5) is 57.8. The number of halogens is 6. The predicted molar refractivity (Wildman–Crippen MR) is 291 cm³/mol. The molecule has 0 unspecified atom stereocenters. The van der Waals surface area contributed by atoms with Crippen LogP contribution in [0.5, 0.6) is 0 Å². The molecule has 1 saturated carbocycles. The number of amides is 1. The maximum Gasteiger partial charge on any atom is 0.390 e. The SMILES string of the molecule is CCC(=O)c1ccc(-c2cnc3c(NCCC(F)(F)F)cc(-c4ccc(C(=O)NC5(C)CC5)c(C)c4)cn23)cc1C.CCC(=O)c1ccc(-c2cnc3c(NCCC(F)(F)F)cc(-c4ccc(C(=O)O)c(C)c4)cn23)cc1C.